The first-order valence-corrected chi connectivity index (χ1v) is 10.9. The van der Waals surface area contributed by atoms with Gasteiger partial charge < -0.3 is 14.9 Å². The Kier molecular flexibility index (Phi) is 5.72. The molecule has 6 nitrogen and oxygen atoms in total. The number of aliphatic hydroxyl groups excluding tert-OH is 1. The zero-order chi connectivity index (χ0) is 20.5. The van der Waals surface area contributed by atoms with Gasteiger partial charge in [-0.2, -0.15) is 0 Å². The largest absolute Gasteiger partial charge is 0.391 e. The standard InChI is InChI=1S/C23H32N4O2/c1-15(2)18-6-7-21-20(13-18)16(3)24-23(25-21)26-11-8-17(9-12-26)22(29)27-10-4-5-19(28)14-27/h6-7,13,15,17,19,28H,4-5,8-12,14H2,1-3H3. The lowest BCUT2D eigenvalue weighted by Crippen LogP contribution is -2.47. The Balaban J connectivity index is 1.45. The van der Waals surface area contributed by atoms with Crippen molar-refractivity contribution in [2.45, 2.75) is 58.5 Å². The Hall–Kier alpha value is -2.21. The van der Waals surface area contributed by atoms with Gasteiger partial charge in [-0.1, -0.05) is 19.9 Å². The number of rotatable bonds is 3. The van der Waals surface area contributed by atoms with Gasteiger partial charge in [-0.25, -0.2) is 9.97 Å². The maximum Gasteiger partial charge on any atom is 0.226 e. The second-order valence-electron chi connectivity index (χ2n) is 8.88. The Morgan fingerprint density at radius 1 is 1.14 bits per heavy atom. The highest BCUT2D eigenvalue weighted by atomic mass is 16.3. The molecule has 0 aliphatic carbocycles. The van der Waals surface area contributed by atoms with Crippen molar-refractivity contribution in [1.82, 2.24) is 14.9 Å². The summed E-state index contributed by atoms with van der Waals surface area (Å²) >= 11 is 0. The Bertz CT molecular complexity index is 890. The molecule has 0 saturated carbocycles. The lowest BCUT2D eigenvalue weighted by atomic mass is 9.94. The summed E-state index contributed by atoms with van der Waals surface area (Å²) in [5.41, 5.74) is 3.30. The fourth-order valence-corrected chi connectivity index (χ4v) is 4.52. The minimum Gasteiger partial charge on any atom is -0.391 e. The molecule has 1 aromatic heterocycles. The number of carbonyl (C=O) groups is 1. The molecule has 156 valence electrons. The van der Waals surface area contributed by atoms with Crippen LogP contribution in [0.2, 0.25) is 0 Å². The summed E-state index contributed by atoms with van der Waals surface area (Å²) in [6.45, 7) is 9.30. The van der Waals surface area contributed by atoms with Crippen molar-refractivity contribution in [2.75, 3.05) is 31.1 Å². The average molecular weight is 397 g/mol. The third kappa shape index (κ3) is 4.22. The molecule has 2 fully saturated rings. The van der Waals surface area contributed by atoms with Gasteiger partial charge in [0.2, 0.25) is 11.9 Å². The van der Waals surface area contributed by atoms with E-state index in [1.807, 2.05) is 4.90 Å². The molecule has 4 rings (SSSR count). The lowest BCUT2D eigenvalue weighted by molar-refractivity contribution is -0.139. The second-order valence-corrected chi connectivity index (χ2v) is 8.88. The molecule has 0 spiro atoms. The predicted octanol–water partition coefficient (Wildman–Crippen LogP) is 3.26. The van der Waals surface area contributed by atoms with E-state index < -0.39 is 0 Å². The maximum atomic E-state index is 12.8. The monoisotopic (exact) mass is 396 g/mol. The number of likely N-dealkylation sites (tertiary alicyclic amines) is 1. The van der Waals surface area contributed by atoms with Crippen molar-refractivity contribution < 1.29 is 9.90 Å². The summed E-state index contributed by atoms with van der Waals surface area (Å²) in [6.07, 6.45) is 2.97. The number of amides is 1. The predicted molar refractivity (Wildman–Crippen MR) is 115 cm³/mol. The fourth-order valence-electron chi connectivity index (χ4n) is 4.52. The molecular weight excluding hydrogens is 364 g/mol. The van der Waals surface area contributed by atoms with Crippen molar-refractivity contribution in [1.29, 1.82) is 0 Å². The summed E-state index contributed by atoms with van der Waals surface area (Å²) in [6, 6.07) is 6.46. The molecule has 2 saturated heterocycles. The molecule has 0 radical (unpaired) electrons. The van der Waals surface area contributed by atoms with Gasteiger partial charge in [-0.05, 0) is 56.2 Å². The second kappa shape index (κ2) is 8.27. The third-order valence-electron chi connectivity index (χ3n) is 6.40. The number of anilines is 1. The zero-order valence-electron chi connectivity index (χ0n) is 17.8. The summed E-state index contributed by atoms with van der Waals surface area (Å²) in [7, 11) is 0. The van der Waals surface area contributed by atoms with E-state index in [1.54, 1.807) is 0 Å². The molecule has 29 heavy (non-hydrogen) atoms. The number of β-amino-alcohol motifs (C(OH)–C–C–N with tert-alkyl or cyclic N) is 1. The smallest absolute Gasteiger partial charge is 0.226 e. The van der Waals surface area contributed by atoms with Gasteiger partial charge in [-0.15, -0.1) is 0 Å². The number of hydrogen-bond acceptors (Lipinski definition) is 5. The van der Waals surface area contributed by atoms with E-state index >= 15 is 0 Å². The van der Waals surface area contributed by atoms with Crippen LogP contribution in [0.25, 0.3) is 10.9 Å². The molecule has 3 heterocycles. The molecule has 2 aromatic rings. The van der Waals surface area contributed by atoms with Crippen LogP contribution >= 0.6 is 0 Å². The highest BCUT2D eigenvalue weighted by Gasteiger charge is 2.31. The van der Waals surface area contributed by atoms with Crippen LogP contribution in [-0.4, -0.2) is 58.2 Å². The molecule has 1 unspecified atom stereocenters. The number of nitrogens with zero attached hydrogens (tertiary/aromatic N) is 4. The van der Waals surface area contributed by atoms with Crippen LogP contribution in [0.15, 0.2) is 18.2 Å². The Morgan fingerprint density at radius 3 is 2.59 bits per heavy atom. The molecule has 0 bridgehead atoms. The molecule has 2 aliphatic heterocycles. The molecule has 1 N–H and O–H groups in total. The van der Waals surface area contributed by atoms with Crippen LogP contribution in [0.4, 0.5) is 5.95 Å². The minimum absolute atomic E-state index is 0.0479. The van der Waals surface area contributed by atoms with Crippen LogP contribution in [0.1, 0.15) is 56.7 Å². The minimum atomic E-state index is -0.363. The molecular formula is C23H32N4O2. The maximum absolute atomic E-state index is 12.8. The summed E-state index contributed by atoms with van der Waals surface area (Å²) in [5, 5.41) is 11.0. The van der Waals surface area contributed by atoms with E-state index in [0.717, 1.165) is 67.9 Å². The van der Waals surface area contributed by atoms with E-state index in [4.69, 9.17) is 9.97 Å². The van der Waals surface area contributed by atoms with E-state index in [1.165, 1.54) is 5.56 Å². The van der Waals surface area contributed by atoms with Crippen molar-refractivity contribution in [3.63, 3.8) is 0 Å². The first-order valence-electron chi connectivity index (χ1n) is 10.9. The molecule has 6 heteroatoms. The number of hydrogen-bond donors (Lipinski definition) is 1. The van der Waals surface area contributed by atoms with Crippen molar-refractivity contribution in [2.24, 2.45) is 5.92 Å². The lowest BCUT2D eigenvalue weighted by Gasteiger charge is -2.36. The highest BCUT2D eigenvalue weighted by molar-refractivity contribution is 5.83. The van der Waals surface area contributed by atoms with E-state index in [-0.39, 0.29) is 17.9 Å². The zero-order valence-corrected chi connectivity index (χ0v) is 17.8. The van der Waals surface area contributed by atoms with Gasteiger partial charge in [-0.3, -0.25) is 4.79 Å². The summed E-state index contributed by atoms with van der Waals surface area (Å²) in [4.78, 5) is 26.5. The van der Waals surface area contributed by atoms with Gasteiger partial charge in [0.1, 0.15) is 0 Å². The summed E-state index contributed by atoms with van der Waals surface area (Å²) in [5.74, 6) is 1.51. The van der Waals surface area contributed by atoms with E-state index in [9.17, 15) is 9.90 Å². The van der Waals surface area contributed by atoms with Crippen LogP contribution in [0, 0.1) is 12.8 Å². The van der Waals surface area contributed by atoms with Crippen LogP contribution in [0.5, 0.6) is 0 Å². The van der Waals surface area contributed by atoms with Gasteiger partial charge >= 0.3 is 0 Å². The first-order chi connectivity index (χ1) is 13.9. The van der Waals surface area contributed by atoms with Gasteiger partial charge in [0, 0.05) is 37.5 Å². The molecule has 1 atom stereocenters. The van der Waals surface area contributed by atoms with Crippen molar-refractivity contribution in [3.8, 4) is 0 Å². The van der Waals surface area contributed by atoms with Gasteiger partial charge in [0.05, 0.1) is 17.3 Å². The summed E-state index contributed by atoms with van der Waals surface area (Å²) < 4.78 is 0. The van der Waals surface area contributed by atoms with Crippen LogP contribution < -0.4 is 4.90 Å². The SMILES string of the molecule is Cc1nc(N2CCC(C(=O)N3CCCC(O)C3)CC2)nc2ccc(C(C)C)cc12. The topological polar surface area (TPSA) is 69.6 Å². The normalized spacial score (nSPS) is 21.2. The number of piperidine rings is 2. The number of carbonyl (C=O) groups excluding carboxylic acids is 1. The highest BCUT2D eigenvalue weighted by Crippen LogP contribution is 2.27. The first kappa shape index (κ1) is 20.1. The van der Waals surface area contributed by atoms with Gasteiger partial charge in [0.25, 0.3) is 0 Å². The quantitative estimate of drug-likeness (QED) is 0.862. The molecule has 1 amide bonds. The van der Waals surface area contributed by atoms with E-state index in [2.05, 4.69) is 43.9 Å². The molecule has 2 aliphatic rings. The number of aryl methyl sites for hydroxylation is 1. The third-order valence-corrected chi connectivity index (χ3v) is 6.40. The molecule has 1 aromatic carbocycles. The van der Waals surface area contributed by atoms with Crippen LogP contribution in [-0.2, 0) is 4.79 Å². The Labute approximate surface area is 172 Å². The Morgan fingerprint density at radius 2 is 1.90 bits per heavy atom. The average Bonchev–Trinajstić information content (AvgIpc) is 2.73. The van der Waals surface area contributed by atoms with Crippen LogP contribution in [0.3, 0.4) is 0 Å². The van der Waals surface area contributed by atoms with Crippen molar-refractivity contribution >= 4 is 22.8 Å². The fraction of sp³-hybridized carbons (Fsp3) is 0.609. The number of aliphatic hydroxyl groups is 1. The van der Waals surface area contributed by atoms with Crippen molar-refractivity contribution in [3.05, 3.63) is 29.5 Å². The number of aromatic nitrogens is 2. The number of fused-ring (bicyclic) bond motifs is 1. The number of benzene rings is 1. The van der Waals surface area contributed by atoms with Gasteiger partial charge in [0.15, 0.2) is 0 Å². The van der Waals surface area contributed by atoms with E-state index in [0.29, 0.717) is 12.5 Å².